The maximum Gasteiger partial charge on any atom is 0.315 e. The number of hydrogen-bond acceptors (Lipinski definition) is 6. The molecule has 2 amide bonds. The molecule has 2 heterocycles. The van der Waals surface area contributed by atoms with Crippen LogP contribution >= 0.6 is 11.3 Å². The van der Waals surface area contributed by atoms with E-state index in [0.29, 0.717) is 5.13 Å². The lowest BCUT2D eigenvalue weighted by molar-refractivity contribution is -0.136. The first kappa shape index (κ1) is 18.3. The van der Waals surface area contributed by atoms with E-state index in [2.05, 4.69) is 27.6 Å². The number of anilines is 1. The Morgan fingerprint density at radius 1 is 1.27 bits per heavy atom. The lowest BCUT2D eigenvalue weighted by Gasteiger charge is -2.20. The van der Waals surface area contributed by atoms with Gasteiger partial charge in [-0.3, -0.25) is 14.9 Å². The van der Waals surface area contributed by atoms with Crippen LogP contribution in [0.3, 0.4) is 0 Å². The van der Waals surface area contributed by atoms with Gasteiger partial charge in [0.15, 0.2) is 5.13 Å². The number of thiazole rings is 1. The van der Waals surface area contributed by atoms with E-state index in [1.807, 2.05) is 31.2 Å². The molecule has 0 bridgehead atoms. The molecule has 26 heavy (non-hydrogen) atoms. The number of likely N-dealkylation sites (N-methyl/N-ethyl adjacent to an activating group) is 1. The summed E-state index contributed by atoms with van der Waals surface area (Å²) < 4.78 is 5.12. The quantitative estimate of drug-likeness (QED) is 0.800. The van der Waals surface area contributed by atoms with Crippen molar-refractivity contribution in [3.63, 3.8) is 0 Å². The van der Waals surface area contributed by atoms with E-state index in [4.69, 9.17) is 4.74 Å². The van der Waals surface area contributed by atoms with Gasteiger partial charge in [-0.2, -0.15) is 0 Å². The monoisotopic (exact) mass is 374 g/mol. The summed E-state index contributed by atoms with van der Waals surface area (Å²) in [5.74, 6) is -0.646. The average Bonchev–Trinajstić information content (AvgIpc) is 3.02. The van der Waals surface area contributed by atoms with Crippen molar-refractivity contribution in [2.45, 2.75) is 25.9 Å². The molecular formula is C18H22N4O3S. The molecule has 0 aliphatic carbocycles. The van der Waals surface area contributed by atoms with Crippen molar-refractivity contribution in [3.05, 3.63) is 40.4 Å². The highest BCUT2D eigenvalue weighted by atomic mass is 32.1. The van der Waals surface area contributed by atoms with E-state index in [0.717, 1.165) is 41.4 Å². The van der Waals surface area contributed by atoms with Crippen molar-refractivity contribution < 1.29 is 14.3 Å². The third kappa shape index (κ3) is 4.20. The smallest absolute Gasteiger partial charge is 0.315 e. The van der Waals surface area contributed by atoms with Crippen molar-refractivity contribution in [1.82, 2.24) is 15.2 Å². The van der Waals surface area contributed by atoms with E-state index in [1.165, 1.54) is 11.3 Å². The molecule has 0 spiro atoms. The molecule has 7 nitrogen and oxygen atoms in total. The Hall–Kier alpha value is -2.45. The van der Waals surface area contributed by atoms with E-state index in [9.17, 15) is 9.59 Å². The summed E-state index contributed by atoms with van der Waals surface area (Å²) >= 11 is 1.43. The molecule has 1 aromatic heterocycles. The summed E-state index contributed by atoms with van der Waals surface area (Å²) in [5, 5.41) is 5.78. The number of nitrogens with one attached hydrogen (secondary N) is 2. The van der Waals surface area contributed by atoms with Crippen molar-refractivity contribution in [1.29, 1.82) is 0 Å². The highest BCUT2D eigenvalue weighted by Crippen LogP contribution is 2.27. The molecule has 8 heteroatoms. The second kappa shape index (κ2) is 7.84. The molecule has 1 aromatic carbocycles. The van der Waals surface area contributed by atoms with Gasteiger partial charge in [0, 0.05) is 24.4 Å². The number of benzene rings is 1. The van der Waals surface area contributed by atoms with Crippen LogP contribution in [0, 0.1) is 0 Å². The van der Waals surface area contributed by atoms with Crippen LogP contribution in [-0.2, 0) is 22.6 Å². The first-order valence-electron chi connectivity index (χ1n) is 8.39. The predicted octanol–water partition coefficient (Wildman–Crippen LogP) is 1.96. The van der Waals surface area contributed by atoms with Crippen molar-refractivity contribution in [3.8, 4) is 5.75 Å². The van der Waals surface area contributed by atoms with Crippen LogP contribution < -0.4 is 15.4 Å². The van der Waals surface area contributed by atoms with E-state index in [-0.39, 0.29) is 6.04 Å². The maximum absolute atomic E-state index is 12.2. The fraction of sp³-hybridized carbons (Fsp3) is 0.389. The highest BCUT2D eigenvalue weighted by Gasteiger charge is 2.22. The number of aromatic nitrogens is 1. The van der Waals surface area contributed by atoms with Crippen LogP contribution in [0.25, 0.3) is 0 Å². The van der Waals surface area contributed by atoms with Gasteiger partial charge in [0.2, 0.25) is 0 Å². The van der Waals surface area contributed by atoms with Crippen LogP contribution in [0.5, 0.6) is 5.75 Å². The lowest BCUT2D eigenvalue weighted by atomic mass is 10.1. The predicted molar refractivity (Wildman–Crippen MR) is 100 cm³/mol. The molecule has 0 saturated carbocycles. The Morgan fingerprint density at radius 3 is 2.69 bits per heavy atom. The fourth-order valence-corrected chi connectivity index (χ4v) is 3.85. The first-order valence-corrected chi connectivity index (χ1v) is 9.21. The van der Waals surface area contributed by atoms with Gasteiger partial charge in [0.05, 0.1) is 18.8 Å². The number of nitrogens with zero attached hydrogens (tertiary/aromatic N) is 2. The largest absolute Gasteiger partial charge is 0.497 e. The second-order valence-corrected chi connectivity index (χ2v) is 7.38. The number of carbonyl (C=O) groups is 2. The number of rotatable bonds is 4. The zero-order valence-electron chi connectivity index (χ0n) is 15.0. The van der Waals surface area contributed by atoms with Gasteiger partial charge in [0.25, 0.3) is 0 Å². The number of hydrogen-bond donors (Lipinski definition) is 2. The molecule has 0 saturated heterocycles. The number of fused-ring (bicyclic) bond motifs is 1. The molecule has 1 aliphatic heterocycles. The van der Waals surface area contributed by atoms with Crippen LogP contribution in [-0.4, -0.2) is 42.4 Å². The standard InChI is InChI=1S/C18H22N4O3S/c1-11(12-4-6-13(25-3)7-5-12)19-16(23)17(24)21-18-20-14-8-9-22(2)10-15(14)26-18/h4-7,11H,8-10H2,1-3H3,(H,19,23)(H,20,21,24). The molecule has 0 fully saturated rings. The molecule has 2 N–H and O–H groups in total. The van der Waals surface area contributed by atoms with Gasteiger partial charge in [-0.1, -0.05) is 12.1 Å². The average molecular weight is 374 g/mol. The molecule has 0 radical (unpaired) electrons. The number of carbonyl (C=O) groups excluding carboxylic acids is 2. The minimum absolute atomic E-state index is 0.294. The zero-order valence-corrected chi connectivity index (χ0v) is 15.9. The summed E-state index contributed by atoms with van der Waals surface area (Å²) in [7, 11) is 3.65. The summed E-state index contributed by atoms with van der Waals surface area (Å²) in [6.45, 7) is 3.60. The van der Waals surface area contributed by atoms with Crippen LogP contribution in [0.2, 0.25) is 0 Å². The summed E-state index contributed by atoms with van der Waals surface area (Å²) in [4.78, 5) is 32.1. The summed E-state index contributed by atoms with van der Waals surface area (Å²) in [6, 6.07) is 7.04. The Balaban J connectivity index is 1.58. The van der Waals surface area contributed by atoms with E-state index >= 15 is 0 Å². The van der Waals surface area contributed by atoms with E-state index in [1.54, 1.807) is 7.11 Å². The minimum atomic E-state index is -0.704. The Labute approximate surface area is 156 Å². The Bertz CT molecular complexity index is 803. The highest BCUT2D eigenvalue weighted by molar-refractivity contribution is 7.16. The van der Waals surface area contributed by atoms with Crippen LogP contribution in [0.15, 0.2) is 24.3 Å². The summed E-state index contributed by atoms with van der Waals surface area (Å²) in [6.07, 6.45) is 0.860. The Kier molecular flexibility index (Phi) is 5.53. The summed E-state index contributed by atoms with van der Waals surface area (Å²) in [5.41, 5.74) is 1.90. The zero-order chi connectivity index (χ0) is 18.7. The Morgan fingerprint density at radius 2 is 2.00 bits per heavy atom. The van der Waals surface area contributed by atoms with Gasteiger partial charge >= 0.3 is 11.8 Å². The fourth-order valence-electron chi connectivity index (χ4n) is 2.77. The molecule has 138 valence electrons. The SMILES string of the molecule is COc1ccc(C(C)NC(=O)C(=O)Nc2nc3c(s2)CN(C)CC3)cc1. The minimum Gasteiger partial charge on any atom is -0.497 e. The third-order valence-corrected chi connectivity index (χ3v) is 5.31. The van der Waals surface area contributed by atoms with Gasteiger partial charge < -0.3 is 15.0 Å². The van der Waals surface area contributed by atoms with E-state index < -0.39 is 11.8 Å². The molecule has 1 unspecified atom stereocenters. The lowest BCUT2D eigenvalue weighted by Crippen LogP contribution is -2.36. The van der Waals surface area contributed by atoms with Crippen LogP contribution in [0.1, 0.15) is 29.1 Å². The van der Waals surface area contributed by atoms with Crippen molar-refractivity contribution in [2.24, 2.45) is 0 Å². The van der Waals surface area contributed by atoms with Gasteiger partial charge in [-0.25, -0.2) is 4.98 Å². The maximum atomic E-state index is 12.2. The number of amides is 2. The molecular weight excluding hydrogens is 352 g/mol. The van der Waals surface area contributed by atoms with Gasteiger partial charge in [-0.15, -0.1) is 11.3 Å². The van der Waals surface area contributed by atoms with Gasteiger partial charge in [-0.05, 0) is 31.7 Å². The number of methoxy groups -OCH3 is 1. The van der Waals surface area contributed by atoms with Crippen LogP contribution in [0.4, 0.5) is 5.13 Å². The molecule has 1 aliphatic rings. The van der Waals surface area contributed by atoms with Crippen molar-refractivity contribution >= 4 is 28.3 Å². The third-order valence-electron chi connectivity index (χ3n) is 4.31. The molecule has 3 rings (SSSR count). The second-order valence-electron chi connectivity index (χ2n) is 6.30. The number of ether oxygens (including phenoxy) is 1. The van der Waals surface area contributed by atoms with Gasteiger partial charge in [0.1, 0.15) is 5.75 Å². The first-order chi connectivity index (χ1) is 12.5. The van der Waals surface area contributed by atoms with Crippen molar-refractivity contribution in [2.75, 3.05) is 26.0 Å². The molecule has 2 aromatic rings. The topological polar surface area (TPSA) is 83.6 Å². The molecule has 1 atom stereocenters. The normalized spacial score (nSPS) is 15.0.